The summed E-state index contributed by atoms with van der Waals surface area (Å²) in [5.74, 6) is 0.0697. The molecule has 0 aliphatic heterocycles. The second-order valence-electron chi connectivity index (χ2n) is 4.11. The molecule has 1 rings (SSSR count). The van der Waals surface area contributed by atoms with Crippen molar-refractivity contribution < 1.29 is 32.7 Å². The Morgan fingerprint density at radius 1 is 1.33 bits per heavy atom. The molecule has 9 heteroatoms. The molecule has 0 aromatic heterocycles. The summed E-state index contributed by atoms with van der Waals surface area (Å²) in [5, 5.41) is 19.9. The van der Waals surface area contributed by atoms with Crippen LogP contribution in [0, 0.1) is 10.1 Å². The maximum absolute atomic E-state index is 12.0. The van der Waals surface area contributed by atoms with Crippen molar-refractivity contribution in [2.45, 2.75) is 25.6 Å². The van der Waals surface area contributed by atoms with Gasteiger partial charge < -0.3 is 14.6 Å². The van der Waals surface area contributed by atoms with Crippen LogP contribution in [0.4, 0.5) is 18.9 Å². The maximum atomic E-state index is 12.0. The Morgan fingerprint density at radius 2 is 2.00 bits per heavy atom. The maximum Gasteiger partial charge on any atom is 0.389 e. The molecule has 0 fully saturated rings. The van der Waals surface area contributed by atoms with Crippen LogP contribution in [0.3, 0.4) is 0 Å². The minimum Gasteiger partial charge on any atom is -0.493 e. The lowest BCUT2D eigenvalue weighted by Gasteiger charge is -2.12. The number of benzene rings is 1. The van der Waals surface area contributed by atoms with Gasteiger partial charge in [0.25, 0.3) is 5.69 Å². The topological polar surface area (TPSA) is 81.8 Å². The van der Waals surface area contributed by atoms with Gasteiger partial charge >= 0.3 is 6.18 Å². The summed E-state index contributed by atoms with van der Waals surface area (Å²) >= 11 is 0. The zero-order valence-corrected chi connectivity index (χ0v) is 11.1. The van der Waals surface area contributed by atoms with Gasteiger partial charge in [-0.05, 0) is 12.5 Å². The van der Waals surface area contributed by atoms with E-state index >= 15 is 0 Å². The summed E-state index contributed by atoms with van der Waals surface area (Å²) in [6.07, 6.45) is -5.56. The molecule has 0 saturated heterocycles. The molecule has 1 aromatic carbocycles. The molecule has 0 aliphatic rings. The fraction of sp³-hybridized carbons (Fsp3) is 0.500. The second kappa shape index (κ2) is 7.11. The van der Waals surface area contributed by atoms with E-state index in [0.29, 0.717) is 0 Å². The minimum atomic E-state index is -4.28. The third-order valence-electron chi connectivity index (χ3n) is 2.59. The molecule has 0 atom stereocenters. The molecule has 1 N–H and O–H groups in total. The SMILES string of the molecule is COc1cc(CO)c([N+](=O)[O-])cc1OCCCC(F)(F)F. The summed E-state index contributed by atoms with van der Waals surface area (Å²) in [6.45, 7) is -0.827. The number of aliphatic hydroxyl groups excluding tert-OH is 1. The number of nitro benzene ring substituents is 1. The van der Waals surface area contributed by atoms with Gasteiger partial charge in [0.15, 0.2) is 11.5 Å². The Hall–Kier alpha value is -2.03. The summed E-state index contributed by atoms with van der Waals surface area (Å²) in [5.41, 5.74) is -0.358. The van der Waals surface area contributed by atoms with E-state index in [1.807, 2.05) is 0 Å². The van der Waals surface area contributed by atoms with Gasteiger partial charge in [-0.1, -0.05) is 0 Å². The Morgan fingerprint density at radius 3 is 2.48 bits per heavy atom. The summed E-state index contributed by atoms with van der Waals surface area (Å²) in [7, 11) is 1.28. The fourth-order valence-electron chi connectivity index (χ4n) is 1.61. The number of hydrogen-bond donors (Lipinski definition) is 1. The summed E-state index contributed by atoms with van der Waals surface area (Å²) in [6, 6.07) is 2.25. The largest absolute Gasteiger partial charge is 0.493 e. The second-order valence-corrected chi connectivity index (χ2v) is 4.11. The van der Waals surface area contributed by atoms with Gasteiger partial charge in [-0.15, -0.1) is 0 Å². The summed E-state index contributed by atoms with van der Waals surface area (Å²) < 4.78 is 46.0. The van der Waals surface area contributed by atoms with Crippen LogP contribution in [0.15, 0.2) is 12.1 Å². The molecule has 0 amide bonds. The predicted octanol–water partition coefficient (Wildman–Crippen LogP) is 2.82. The van der Waals surface area contributed by atoms with E-state index in [1.165, 1.54) is 13.2 Å². The van der Waals surface area contributed by atoms with Crippen molar-refractivity contribution in [2.75, 3.05) is 13.7 Å². The van der Waals surface area contributed by atoms with Crippen LogP contribution in [0.25, 0.3) is 0 Å². The summed E-state index contributed by atoms with van der Waals surface area (Å²) in [4.78, 5) is 10.1. The highest BCUT2D eigenvalue weighted by Gasteiger charge is 2.26. The van der Waals surface area contributed by atoms with E-state index in [1.54, 1.807) is 0 Å². The number of aliphatic hydroxyl groups is 1. The molecule has 118 valence electrons. The van der Waals surface area contributed by atoms with E-state index in [2.05, 4.69) is 0 Å². The van der Waals surface area contributed by atoms with Crippen LogP contribution in [0.1, 0.15) is 18.4 Å². The molecule has 6 nitrogen and oxygen atoms in total. The van der Waals surface area contributed by atoms with Crippen molar-refractivity contribution in [2.24, 2.45) is 0 Å². The number of methoxy groups -OCH3 is 1. The van der Waals surface area contributed by atoms with Crippen LogP contribution in [-0.4, -0.2) is 29.9 Å². The first-order chi connectivity index (χ1) is 9.78. The van der Waals surface area contributed by atoms with Crippen LogP contribution in [-0.2, 0) is 6.61 Å². The number of rotatable bonds is 7. The highest BCUT2D eigenvalue weighted by molar-refractivity contribution is 5.54. The van der Waals surface area contributed by atoms with Crippen molar-refractivity contribution >= 4 is 5.69 Å². The highest BCUT2D eigenvalue weighted by Crippen LogP contribution is 2.35. The highest BCUT2D eigenvalue weighted by atomic mass is 19.4. The third-order valence-corrected chi connectivity index (χ3v) is 2.59. The van der Waals surface area contributed by atoms with Crippen molar-refractivity contribution in [3.63, 3.8) is 0 Å². The molecule has 0 radical (unpaired) electrons. The molecular formula is C12H14F3NO5. The molecule has 0 saturated carbocycles. The molecule has 0 aliphatic carbocycles. The van der Waals surface area contributed by atoms with Crippen molar-refractivity contribution in [1.82, 2.24) is 0 Å². The first kappa shape index (κ1) is 17.0. The Balaban J connectivity index is 2.85. The van der Waals surface area contributed by atoms with Crippen LogP contribution in [0.2, 0.25) is 0 Å². The lowest BCUT2D eigenvalue weighted by atomic mass is 10.1. The van der Waals surface area contributed by atoms with Gasteiger partial charge in [0, 0.05) is 6.42 Å². The molecule has 0 spiro atoms. The average molecular weight is 309 g/mol. The number of nitrogens with zero attached hydrogens (tertiary/aromatic N) is 1. The van der Waals surface area contributed by atoms with E-state index in [9.17, 15) is 23.3 Å². The Bertz CT molecular complexity index is 504. The molecule has 0 unspecified atom stereocenters. The Kier molecular flexibility index (Phi) is 5.77. The quantitative estimate of drug-likeness (QED) is 0.476. The molecule has 0 bridgehead atoms. The van der Waals surface area contributed by atoms with E-state index in [-0.39, 0.29) is 35.8 Å². The molecule has 0 heterocycles. The van der Waals surface area contributed by atoms with E-state index in [4.69, 9.17) is 14.6 Å². The smallest absolute Gasteiger partial charge is 0.389 e. The molecule has 1 aromatic rings. The van der Waals surface area contributed by atoms with Crippen molar-refractivity contribution in [3.05, 3.63) is 27.8 Å². The lowest BCUT2D eigenvalue weighted by molar-refractivity contribution is -0.385. The van der Waals surface area contributed by atoms with Gasteiger partial charge in [0.1, 0.15) is 0 Å². The number of alkyl halides is 3. The normalized spacial score (nSPS) is 11.3. The minimum absolute atomic E-state index is 0.0273. The zero-order chi connectivity index (χ0) is 16.0. The van der Waals surface area contributed by atoms with Crippen LogP contribution < -0.4 is 9.47 Å². The monoisotopic (exact) mass is 309 g/mol. The number of nitro groups is 1. The van der Waals surface area contributed by atoms with Gasteiger partial charge in [-0.3, -0.25) is 10.1 Å². The zero-order valence-electron chi connectivity index (χ0n) is 11.1. The van der Waals surface area contributed by atoms with Crippen LogP contribution in [0.5, 0.6) is 11.5 Å². The first-order valence-electron chi connectivity index (χ1n) is 5.94. The average Bonchev–Trinajstić information content (AvgIpc) is 2.41. The van der Waals surface area contributed by atoms with E-state index in [0.717, 1.165) is 6.07 Å². The number of ether oxygens (including phenoxy) is 2. The van der Waals surface area contributed by atoms with E-state index < -0.39 is 24.1 Å². The predicted molar refractivity (Wildman–Crippen MR) is 66.4 cm³/mol. The van der Waals surface area contributed by atoms with Crippen molar-refractivity contribution in [3.8, 4) is 11.5 Å². The van der Waals surface area contributed by atoms with Crippen molar-refractivity contribution in [1.29, 1.82) is 0 Å². The van der Waals surface area contributed by atoms with Gasteiger partial charge in [0.05, 0.1) is 36.9 Å². The van der Waals surface area contributed by atoms with Gasteiger partial charge in [-0.25, -0.2) is 0 Å². The number of hydrogen-bond acceptors (Lipinski definition) is 5. The molecule has 21 heavy (non-hydrogen) atoms. The lowest BCUT2D eigenvalue weighted by Crippen LogP contribution is -2.10. The van der Waals surface area contributed by atoms with Gasteiger partial charge in [-0.2, -0.15) is 13.2 Å². The fourth-order valence-corrected chi connectivity index (χ4v) is 1.61. The standard InChI is InChI=1S/C12H14F3NO5/c1-20-10-5-8(7-17)9(16(18)19)6-11(10)21-4-2-3-12(13,14)15/h5-6,17H,2-4,7H2,1H3. The number of halogens is 3. The first-order valence-corrected chi connectivity index (χ1v) is 5.94. The third kappa shape index (κ3) is 5.10. The van der Waals surface area contributed by atoms with Crippen LogP contribution >= 0.6 is 0 Å². The molecular weight excluding hydrogens is 295 g/mol. The van der Waals surface area contributed by atoms with Gasteiger partial charge in [0.2, 0.25) is 0 Å². The Labute approximate surface area is 118 Å².